The summed E-state index contributed by atoms with van der Waals surface area (Å²) in [5.41, 5.74) is 0. The molecule has 1 rings (SSSR count). The summed E-state index contributed by atoms with van der Waals surface area (Å²) in [7, 11) is 2.56. The molecule has 0 aromatic carbocycles. The highest BCUT2D eigenvalue weighted by Crippen LogP contribution is 2.21. The molecule has 0 amide bonds. The molecule has 0 bridgehead atoms. The minimum Gasteiger partial charge on any atom is -0.400 e. The number of methoxy groups -OCH3 is 1. The second-order valence-corrected chi connectivity index (χ2v) is 3.32. The summed E-state index contributed by atoms with van der Waals surface area (Å²) < 4.78 is 15.6. The van der Waals surface area contributed by atoms with Crippen LogP contribution >= 0.6 is 0 Å². The van der Waals surface area contributed by atoms with E-state index in [1.54, 1.807) is 21.0 Å². The molecule has 0 saturated carbocycles. The number of ether oxygens (including phenoxy) is 3. The minimum atomic E-state index is -0.698. The minimum absolute atomic E-state index is 0.528. The van der Waals surface area contributed by atoms with E-state index in [4.69, 9.17) is 19.3 Å². The molecule has 1 fully saturated rings. The van der Waals surface area contributed by atoms with Gasteiger partial charge in [0.15, 0.2) is 12.1 Å². The lowest BCUT2D eigenvalue weighted by molar-refractivity contribution is -0.288. The van der Waals surface area contributed by atoms with E-state index in [1.165, 1.54) is 0 Å². The van der Waals surface area contributed by atoms with Gasteiger partial charge in [-0.25, -0.2) is 0 Å². The van der Waals surface area contributed by atoms with Crippen LogP contribution in [-0.2, 0) is 14.2 Å². The van der Waals surface area contributed by atoms with Crippen molar-refractivity contribution in [3.05, 3.63) is 0 Å². The van der Waals surface area contributed by atoms with Crippen LogP contribution in [0.3, 0.4) is 0 Å². The third kappa shape index (κ3) is 4.34. The van der Waals surface area contributed by atoms with Crippen LogP contribution in [0.2, 0.25) is 0 Å². The predicted octanol–water partition coefficient (Wildman–Crippen LogP) is 0.101. The van der Waals surface area contributed by atoms with Crippen molar-refractivity contribution in [3.63, 3.8) is 0 Å². The first-order valence-electron chi connectivity index (χ1n) is 4.52. The summed E-state index contributed by atoms with van der Waals surface area (Å²) in [6.07, 6.45) is -0.441. The number of hydrogen-bond acceptors (Lipinski definition) is 5. The van der Waals surface area contributed by atoms with Gasteiger partial charge in [0.2, 0.25) is 0 Å². The molecule has 0 radical (unpaired) electrons. The summed E-state index contributed by atoms with van der Waals surface area (Å²) in [4.78, 5) is 0. The molecule has 86 valence electrons. The first kappa shape index (κ1) is 13.8. The lowest BCUT2D eigenvalue weighted by Gasteiger charge is -2.28. The van der Waals surface area contributed by atoms with E-state index in [9.17, 15) is 5.11 Å². The molecule has 0 aromatic rings. The van der Waals surface area contributed by atoms with Gasteiger partial charge in [-0.15, -0.1) is 0 Å². The van der Waals surface area contributed by atoms with Crippen LogP contribution in [-0.4, -0.2) is 49.2 Å². The van der Waals surface area contributed by atoms with E-state index in [1.807, 2.05) is 0 Å². The summed E-state index contributed by atoms with van der Waals surface area (Å²) >= 11 is 0. The number of aliphatic hydroxyl groups is 2. The van der Waals surface area contributed by atoms with Crippen LogP contribution in [0.1, 0.15) is 20.3 Å². The molecule has 5 nitrogen and oxygen atoms in total. The normalized spacial score (nSPS) is 27.0. The number of rotatable bonds is 3. The number of aliphatic hydroxyl groups excluding tert-OH is 2. The fourth-order valence-corrected chi connectivity index (χ4v) is 0.993. The van der Waals surface area contributed by atoms with Crippen molar-refractivity contribution in [1.82, 2.24) is 0 Å². The second kappa shape index (κ2) is 6.31. The summed E-state index contributed by atoms with van der Waals surface area (Å²) in [5, 5.41) is 16.3. The third-order valence-corrected chi connectivity index (χ3v) is 1.90. The average Bonchev–Trinajstić information content (AvgIpc) is 2.55. The Morgan fingerprint density at radius 3 is 2.29 bits per heavy atom. The number of hydrogen-bond donors (Lipinski definition) is 2. The van der Waals surface area contributed by atoms with E-state index in [0.717, 1.165) is 7.11 Å². The van der Waals surface area contributed by atoms with Crippen LogP contribution in [0, 0.1) is 0 Å². The van der Waals surface area contributed by atoms with Crippen molar-refractivity contribution in [3.8, 4) is 0 Å². The van der Waals surface area contributed by atoms with Gasteiger partial charge in [-0.3, -0.25) is 0 Å². The van der Waals surface area contributed by atoms with Crippen LogP contribution < -0.4 is 0 Å². The molecule has 2 unspecified atom stereocenters. The van der Waals surface area contributed by atoms with Gasteiger partial charge in [0.25, 0.3) is 0 Å². The molecule has 1 saturated heterocycles. The van der Waals surface area contributed by atoms with E-state index >= 15 is 0 Å². The van der Waals surface area contributed by atoms with E-state index in [2.05, 4.69) is 0 Å². The van der Waals surface area contributed by atoms with Crippen LogP contribution in [0.15, 0.2) is 0 Å². The van der Waals surface area contributed by atoms with Gasteiger partial charge in [0.05, 0.1) is 6.61 Å². The molecule has 0 aromatic heterocycles. The van der Waals surface area contributed by atoms with E-state index in [0.29, 0.717) is 13.0 Å². The third-order valence-electron chi connectivity index (χ3n) is 1.90. The Morgan fingerprint density at radius 1 is 1.36 bits per heavy atom. The highest BCUT2D eigenvalue weighted by atomic mass is 16.8. The van der Waals surface area contributed by atoms with Crippen molar-refractivity contribution in [2.45, 2.75) is 38.4 Å². The van der Waals surface area contributed by atoms with Gasteiger partial charge in [-0.1, -0.05) is 0 Å². The molecule has 14 heavy (non-hydrogen) atoms. The SMILES string of the molecule is CO.COC(C)(C)OC1OCCC1O. The largest absolute Gasteiger partial charge is 0.400 e. The molecule has 1 aliphatic heterocycles. The highest BCUT2D eigenvalue weighted by Gasteiger charge is 2.32. The highest BCUT2D eigenvalue weighted by molar-refractivity contribution is 4.69. The van der Waals surface area contributed by atoms with Gasteiger partial charge in [-0.05, 0) is 13.8 Å². The molecule has 5 heteroatoms. The van der Waals surface area contributed by atoms with Crippen molar-refractivity contribution in [2.75, 3.05) is 20.8 Å². The average molecular weight is 208 g/mol. The van der Waals surface area contributed by atoms with Crippen molar-refractivity contribution < 1.29 is 24.4 Å². The van der Waals surface area contributed by atoms with Crippen molar-refractivity contribution in [1.29, 1.82) is 0 Å². The lowest BCUT2D eigenvalue weighted by atomic mass is 10.3. The van der Waals surface area contributed by atoms with E-state index in [-0.39, 0.29) is 0 Å². The second-order valence-electron chi connectivity index (χ2n) is 3.32. The molecule has 1 heterocycles. The molecular formula is C9H20O5. The van der Waals surface area contributed by atoms with Crippen LogP contribution in [0.4, 0.5) is 0 Å². The Bertz CT molecular complexity index is 148. The van der Waals surface area contributed by atoms with Crippen LogP contribution in [0.25, 0.3) is 0 Å². The summed E-state index contributed by atoms with van der Waals surface area (Å²) in [6.45, 7) is 4.11. The zero-order valence-electron chi connectivity index (χ0n) is 9.19. The first-order valence-corrected chi connectivity index (χ1v) is 4.52. The van der Waals surface area contributed by atoms with Gasteiger partial charge >= 0.3 is 0 Å². The summed E-state index contributed by atoms with van der Waals surface area (Å²) in [6, 6.07) is 0. The maximum absolute atomic E-state index is 9.34. The fourth-order valence-electron chi connectivity index (χ4n) is 0.993. The Labute approximate surface area is 84.6 Å². The van der Waals surface area contributed by atoms with Gasteiger partial charge in [0, 0.05) is 20.6 Å². The standard InChI is InChI=1S/C8H16O4.CH4O/c1-8(2,10-3)12-7-6(9)4-5-11-7;1-2/h6-7,9H,4-5H2,1-3H3;2H,1H3. The molecule has 1 aliphatic rings. The molecule has 0 aliphatic carbocycles. The zero-order chi connectivity index (χ0) is 11.2. The smallest absolute Gasteiger partial charge is 0.186 e. The predicted molar refractivity (Wildman–Crippen MR) is 50.7 cm³/mol. The van der Waals surface area contributed by atoms with Gasteiger partial charge in [-0.2, -0.15) is 0 Å². The Balaban J connectivity index is 0.000000791. The fraction of sp³-hybridized carbons (Fsp3) is 1.00. The lowest BCUT2D eigenvalue weighted by Crippen LogP contribution is -2.36. The molecule has 0 spiro atoms. The molecular weight excluding hydrogens is 188 g/mol. The van der Waals surface area contributed by atoms with E-state index < -0.39 is 18.2 Å². The maximum Gasteiger partial charge on any atom is 0.186 e. The van der Waals surface area contributed by atoms with Crippen molar-refractivity contribution in [2.24, 2.45) is 0 Å². The zero-order valence-corrected chi connectivity index (χ0v) is 9.19. The molecule has 2 N–H and O–H groups in total. The van der Waals surface area contributed by atoms with Crippen LogP contribution in [0.5, 0.6) is 0 Å². The molecule has 2 atom stereocenters. The topological polar surface area (TPSA) is 68.2 Å². The maximum atomic E-state index is 9.34. The van der Waals surface area contributed by atoms with Crippen molar-refractivity contribution >= 4 is 0 Å². The van der Waals surface area contributed by atoms with Gasteiger partial charge in [0.1, 0.15) is 6.10 Å². The summed E-state index contributed by atoms with van der Waals surface area (Å²) in [5.74, 6) is -0.698. The first-order chi connectivity index (χ1) is 6.55. The Morgan fingerprint density at radius 2 is 1.93 bits per heavy atom. The quantitative estimate of drug-likeness (QED) is 0.644. The monoisotopic (exact) mass is 208 g/mol. The Hall–Kier alpha value is -0.200. The van der Waals surface area contributed by atoms with Gasteiger partial charge < -0.3 is 24.4 Å². The Kier molecular flexibility index (Phi) is 6.22.